The third-order valence-electron chi connectivity index (χ3n) is 2.40. The van der Waals surface area contributed by atoms with Crippen molar-refractivity contribution in [3.63, 3.8) is 0 Å². The number of halogens is 1. The molecule has 5 heteroatoms. The molecule has 84 valence electrons. The summed E-state index contributed by atoms with van der Waals surface area (Å²) >= 11 is 3.27. The fourth-order valence-electron chi connectivity index (χ4n) is 2.00. The molecule has 0 unspecified atom stereocenters. The molecule has 4 nitrogen and oxygen atoms in total. The van der Waals surface area contributed by atoms with Gasteiger partial charge in [-0.15, -0.1) is 0 Å². The van der Waals surface area contributed by atoms with E-state index in [0.717, 1.165) is 30.0 Å². The summed E-state index contributed by atoms with van der Waals surface area (Å²) in [6.45, 7) is 6.89. The van der Waals surface area contributed by atoms with Crippen molar-refractivity contribution in [3.8, 4) is 0 Å². The molecule has 0 bridgehead atoms. The zero-order valence-corrected chi connectivity index (χ0v) is 10.5. The lowest BCUT2D eigenvalue weighted by Crippen LogP contribution is -2.44. The maximum atomic E-state index is 5.66. The van der Waals surface area contributed by atoms with E-state index >= 15 is 0 Å². The minimum absolute atomic E-state index is 0.292. The van der Waals surface area contributed by atoms with Crippen molar-refractivity contribution < 1.29 is 9.26 Å². The van der Waals surface area contributed by atoms with Gasteiger partial charge in [0.1, 0.15) is 4.60 Å². The molecule has 1 fully saturated rings. The third-order valence-corrected chi connectivity index (χ3v) is 2.78. The van der Waals surface area contributed by atoms with E-state index in [0.29, 0.717) is 12.2 Å². The lowest BCUT2D eigenvalue weighted by molar-refractivity contribution is -0.0721. The van der Waals surface area contributed by atoms with Crippen molar-refractivity contribution in [2.75, 3.05) is 13.1 Å². The zero-order chi connectivity index (χ0) is 10.8. The first kappa shape index (κ1) is 11.1. The highest BCUT2D eigenvalue weighted by molar-refractivity contribution is 9.10. The molecule has 0 saturated carbocycles. The van der Waals surface area contributed by atoms with Gasteiger partial charge in [0.15, 0.2) is 5.76 Å². The predicted octanol–water partition coefficient (Wildman–Crippen LogP) is 2.05. The molecule has 1 aliphatic rings. The number of ether oxygens (including phenoxy) is 1. The van der Waals surface area contributed by atoms with Gasteiger partial charge in [-0.2, -0.15) is 0 Å². The van der Waals surface area contributed by atoms with Crippen LogP contribution >= 0.6 is 15.9 Å². The lowest BCUT2D eigenvalue weighted by atomic mass is 10.2. The quantitative estimate of drug-likeness (QED) is 0.828. The van der Waals surface area contributed by atoms with Crippen molar-refractivity contribution in [3.05, 3.63) is 16.4 Å². The summed E-state index contributed by atoms with van der Waals surface area (Å²) in [4.78, 5) is 2.33. The maximum Gasteiger partial charge on any atom is 0.151 e. The largest absolute Gasteiger partial charge is 0.373 e. The Balaban J connectivity index is 1.94. The molecule has 1 aliphatic heterocycles. The summed E-state index contributed by atoms with van der Waals surface area (Å²) in [5.41, 5.74) is 0. The monoisotopic (exact) mass is 274 g/mol. The number of aromatic nitrogens is 1. The normalized spacial score (nSPS) is 28.2. The van der Waals surface area contributed by atoms with E-state index in [2.05, 4.69) is 39.8 Å². The predicted molar refractivity (Wildman–Crippen MR) is 59.5 cm³/mol. The van der Waals surface area contributed by atoms with Crippen LogP contribution in [0, 0.1) is 0 Å². The molecule has 0 radical (unpaired) electrons. The molecule has 2 rings (SSSR count). The average Bonchev–Trinajstić information content (AvgIpc) is 2.49. The van der Waals surface area contributed by atoms with Crippen LogP contribution in [0.3, 0.4) is 0 Å². The van der Waals surface area contributed by atoms with Crippen molar-refractivity contribution in [2.24, 2.45) is 0 Å². The van der Waals surface area contributed by atoms with E-state index in [4.69, 9.17) is 9.26 Å². The van der Waals surface area contributed by atoms with Crippen LogP contribution in [0.2, 0.25) is 0 Å². The fourth-order valence-corrected chi connectivity index (χ4v) is 2.32. The van der Waals surface area contributed by atoms with Gasteiger partial charge in [0.2, 0.25) is 0 Å². The Morgan fingerprint density at radius 1 is 1.47 bits per heavy atom. The van der Waals surface area contributed by atoms with Crippen LogP contribution in [0.4, 0.5) is 0 Å². The van der Waals surface area contributed by atoms with Gasteiger partial charge in [-0.1, -0.05) is 5.16 Å². The molecular formula is C10H15BrN2O2. The Bertz CT molecular complexity index is 319. The van der Waals surface area contributed by atoms with E-state index < -0.39 is 0 Å². The number of hydrogen-bond acceptors (Lipinski definition) is 4. The second-order valence-electron chi connectivity index (χ2n) is 4.07. The van der Waals surface area contributed by atoms with E-state index in [1.807, 2.05) is 6.07 Å². The van der Waals surface area contributed by atoms with Crippen molar-refractivity contribution in [1.82, 2.24) is 10.1 Å². The Morgan fingerprint density at radius 3 is 2.67 bits per heavy atom. The van der Waals surface area contributed by atoms with Gasteiger partial charge in [0.25, 0.3) is 0 Å². The molecular weight excluding hydrogens is 260 g/mol. The zero-order valence-electron chi connectivity index (χ0n) is 8.94. The Morgan fingerprint density at radius 2 is 2.13 bits per heavy atom. The summed E-state index contributed by atoms with van der Waals surface area (Å²) in [7, 11) is 0. The lowest BCUT2D eigenvalue weighted by Gasteiger charge is -2.34. The van der Waals surface area contributed by atoms with Gasteiger partial charge in [-0.05, 0) is 29.8 Å². The van der Waals surface area contributed by atoms with Crippen molar-refractivity contribution >= 4 is 15.9 Å². The van der Waals surface area contributed by atoms with Gasteiger partial charge in [-0.3, -0.25) is 4.90 Å². The Kier molecular flexibility index (Phi) is 3.43. The molecule has 15 heavy (non-hydrogen) atoms. The number of nitrogens with zero attached hydrogens (tertiary/aromatic N) is 2. The number of rotatable bonds is 2. The first-order chi connectivity index (χ1) is 7.13. The molecule has 1 saturated heterocycles. The topological polar surface area (TPSA) is 38.5 Å². The Labute approximate surface area is 97.7 Å². The molecule has 0 aliphatic carbocycles. The van der Waals surface area contributed by atoms with Gasteiger partial charge in [0.05, 0.1) is 18.8 Å². The first-order valence-electron chi connectivity index (χ1n) is 5.12. The van der Waals surface area contributed by atoms with Gasteiger partial charge in [0, 0.05) is 19.2 Å². The molecule has 0 N–H and O–H groups in total. The van der Waals surface area contributed by atoms with Crippen LogP contribution in [0.1, 0.15) is 19.6 Å². The maximum absolute atomic E-state index is 5.66. The number of morpholine rings is 1. The highest BCUT2D eigenvalue weighted by Gasteiger charge is 2.22. The van der Waals surface area contributed by atoms with Crippen LogP contribution in [-0.4, -0.2) is 35.4 Å². The van der Waals surface area contributed by atoms with Crippen LogP contribution in [0.5, 0.6) is 0 Å². The van der Waals surface area contributed by atoms with E-state index in [9.17, 15) is 0 Å². The van der Waals surface area contributed by atoms with E-state index in [1.165, 1.54) is 0 Å². The highest BCUT2D eigenvalue weighted by Crippen LogP contribution is 2.16. The first-order valence-corrected chi connectivity index (χ1v) is 5.91. The van der Waals surface area contributed by atoms with Crippen molar-refractivity contribution in [2.45, 2.75) is 32.6 Å². The minimum Gasteiger partial charge on any atom is -0.373 e. The van der Waals surface area contributed by atoms with Gasteiger partial charge >= 0.3 is 0 Å². The van der Waals surface area contributed by atoms with Crippen molar-refractivity contribution in [1.29, 1.82) is 0 Å². The van der Waals surface area contributed by atoms with Crippen LogP contribution in [0.25, 0.3) is 0 Å². The molecule has 1 aromatic rings. The Hall–Kier alpha value is -0.390. The molecule has 0 amide bonds. The smallest absolute Gasteiger partial charge is 0.151 e. The van der Waals surface area contributed by atoms with Crippen LogP contribution < -0.4 is 0 Å². The highest BCUT2D eigenvalue weighted by atomic mass is 79.9. The summed E-state index contributed by atoms with van der Waals surface area (Å²) in [6, 6.07) is 1.91. The molecule has 2 atom stereocenters. The molecule has 1 aromatic heterocycles. The third kappa shape index (κ3) is 3.03. The second kappa shape index (κ2) is 4.63. The van der Waals surface area contributed by atoms with E-state index in [1.54, 1.807) is 0 Å². The van der Waals surface area contributed by atoms with Crippen LogP contribution in [-0.2, 0) is 11.3 Å². The van der Waals surface area contributed by atoms with E-state index in [-0.39, 0.29) is 0 Å². The second-order valence-corrected chi connectivity index (χ2v) is 4.88. The van der Waals surface area contributed by atoms with Gasteiger partial charge < -0.3 is 9.26 Å². The SMILES string of the molecule is C[C@@H]1CN(Cc2cc(Br)no2)C[C@H](C)O1. The number of hydrogen-bond donors (Lipinski definition) is 0. The summed E-state index contributed by atoms with van der Waals surface area (Å²) < 4.78 is 11.6. The molecule has 2 heterocycles. The molecule has 0 aromatic carbocycles. The summed E-state index contributed by atoms with van der Waals surface area (Å²) in [5.74, 6) is 0.892. The average molecular weight is 275 g/mol. The fraction of sp³-hybridized carbons (Fsp3) is 0.700. The minimum atomic E-state index is 0.292. The summed E-state index contributed by atoms with van der Waals surface area (Å²) in [5, 5.41) is 3.80. The van der Waals surface area contributed by atoms with Crippen LogP contribution in [0.15, 0.2) is 15.2 Å². The van der Waals surface area contributed by atoms with Gasteiger partial charge in [-0.25, -0.2) is 0 Å². The molecule has 0 spiro atoms. The standard InChI is InChI=1S/C10H15BrN2O2/c1-7-4-13(5-8(2)14-7)6-9-3-10(11)12-15-9/h3,7-8H,4-6H2,1-2H3/t7-,8+. The summed E-state index contributed by atoms with van der Waals surface area (Å²) in [6.07, 6.45) is 0.584.